The molecular formula is C28H45N5O8. The van der Waals surface area contributed by atoms with Gasteiger partial charge in [-0.25, -0.2) is 4.79 Å². The van der Waals surface area contributed by atoms with E-state index in [0.29, 0.717) is 38.8 Å². The van der Waals surface area contributed by atoms with Gasteiger partial charge in [0.05, 0.1) is 19.3 Å². The summed E-state index contributed by atoms with van der Waals surface area (Å²) in [5.41, 5.74) is 5.04. The predicted octanol–water partition coefficient (Wildman–Crippen LogP) is 0.401. The number of urea groups is 1. The van der Waals surface area contributed by atoms with Gasteiger partial charge < -0.3 is 26.4 Å². The summed E-state index contributed by atoms with van der Waals surface area (Å²) in [7, 11) is 0. The van der Waals surface area contributed by atoms with E-state index < -0.39 is 29.8 Å². The third-order valence-electron chi connectivity index (χ3n) is 6.62. The highest BCUT2D eigenvalue weighted by Gasteiger charge is 2.26. The van der Waals surface area contributed by atoms with E-state index in [1.807, 2.05) is 13.8 Å². The Hall–Kier alpha value is -3.45. The molecule has 0 aliphatic carbocycles. The largest absolute Gasteiger partial charge is 0.379 e. The van der Waals surface area contributed by atoms with Crippen molar-refractivity contribution >= 4 is 41.1 Å². The number of carbonyl (C=O) groups excluding carboxylic acids is 7. The average Bonchev–Trinajstić information content (AvgIpc) is 3.22. The van der Waals surface area contributed by atoms with E-state index in [1.54, 1.807) is 0 Å². The first-order chi connectivity index (χ1) is 19.4. The van der Waals surface area contributed by atoms with Crippen molar-refractivity contribution in [1.29, 1.82) is 0 Å². The molecule has 0 spiro atoms. The van der Waals surface area contributed by atoms with Crippen LogP contribution in [0.25, 0.3) is 0 Å². The van der Waals surface area contributed by atoms with Gasteiger partial charge in [-0.05, 0) is 38.6 Å². The highest BCUT2D eigenvalue weighted by Crippen LogP contribution is 2.17. The molecule has 41 heavy (non-hydrogen) atoms. The molecular weight excluding hydrogens is 534 g/mol. The van der Waals surface area contributed by atoms with Gasteiger partial charge in [-0.3, -0.25) is 33.7 Å². The highest BCUT2D eigenvalue weighted by molar-refractivity contribution is 6.13. The number of Topliss-reactive ketones (excluding diaryl/α,β-unsaturated/α-hetero) is 3. The Morgan fingerprint density at radius 2 is 1.59 bits per heavy atom. The number of hydrogen-bond acceptors (Lipinski definition) is 9. The van der Waals surface area contributed by atoms with Crippen LogP contribution in [0.15, 0.2) is 12.2 Å². The van der Waals surface area contributed by atoms with E-state index in [9.17, 15) is 33.6 Å². The van der Waals surface area contributed by atoms with Gasteiger partial charge in [-0.15, -0.1) is 0 Å². The number of nitrogens with zero attached hydrogens (tertiary/aromatic N) is 1. The molecule has 0 bridgehead atoms. The van der Waals surface area contributed by atoms with Crippen LogP contribution in [0, 0.1) is 11.8 Å². The first-order valence-electron chi connectivity index (χ1n) is 14.1. The summed E-state index contributed by atoms with van der Waals surface area (Å²) < 4.78 is 5.40. The summed E-state index contributed by atoms with van der Waals surface area (Å²) in [6, 6.07) is -1.05. The van der Waals surface area contributed by atoms with Gasteiger partial charge in [-0.2, -0.15) is 0 Å². The highest BCUT2D eigenvalue weighted by atomic mass is 16.5. The minimum Gasteiger partial charge on any atom is -0.379 e. The van der Waals surface area contributed by atoms with Crippen LogP contribution in [0.1, 0.15) is 65.7 Å². The SMILES string of the molecule is CC(=O)[C@H](CCCNC(N)=O)CC(=O)[C@@H](NCCCC(=O)CCOCCNC(=O)CCN1C(=O)C=CC1=O)C(C)C. The van der Waals surface area contributed by atoms with Crippen molar-refractivity contribution in [2.45, 2.75) is 71.8 Å². The van der Waals surface area contributed by atoms with E-state index in [2.05, 4.69) is 16.0 Å². The van der Waals surface area contributed by atoms with Crippen molar-refractivity contribution in [2.75, 3.05) is 39.4 Å². The van der Waals surface area contributed by atoms with Crippen molar-refractivity contribution in [3.05, 3.63) is 12.2 Å². The molecule has 5 N–H and O–H groups in total. The second kappa shape index (κ2) is 19.6. The van der Waals surface area contributed by atoms with Crippen molar-refractivity contribution in [3.8, 4) is 0 Å². The quantitative estimate of drug-likeness (QED) is 0.0979. The molecule has 13 nitrogen and oxygen atoms in total. The standard InChI is InChI=1S/C28H45N5O8/c1-19(2)27(23(36)18-21(20(3)34)6-4-13-32-28(29)40)31-12-5-7-22(35)11-16-41-17-14-30-24(37)10-15-33-25(38)8-9-26(33)39/h8-9,19,21,27,31H,4-7,10-18H2,1-3H3,(H,30,37)(H3,29,32,40)/t21-,27+/m1/s1. The van der Waals surface area contributed by atoms with Gasteiger partial charge in [0, 0.05) is 63.4 Å². The number of amides is 5. The summed E-state index contributed by atoms with van der Waals surface area (Å²) >= 11 is 0. The average molecular weight is 580 g/mol. The molecule has 1 aliphatic rings. The molecule has 0 aromatic heterocycles. The van der Waals surface area contributed by atoms with Crippen LogP contribution < -0.4 is 21.7 Å². The Bertz CT molecular complexity index is 947. The van der Waals surface area contributed by atoms with Crippen LogP contribution in [0.4, 0.5) is 4.79 Å². The first kappa shape index (κ1) is 35.6. The molecule has 2 atom stereocenters. The lowest BCUT2D eigenvalue weighted by Crippen LogP contribution is -2.42. The second-order valence-corrected chi connectivity index (χ2v) is 10.4. The Labute approximate surface area is 241 Å². The van der Waals surface area contributed by atoms with Gasteiger partial charge in [0.25, 0.3) is 11.8 Å². The van der Waals surface area contributed by atoms with E-state index in [4.69, 9.17) is 10.5 Å². The number of hydrogen-bond donors (Lipinski definition) is 4. The fourth-order valence-electron chi connectivity index (χ4n) is 4.27. The number of rotatable bonds is 23. The molecule has 0 unspecified atom stereocenters. The maximum Gasteiger partial charge on any atom is 0.312 e. The number of nitrogens with two attached hydrogens (primary N) is 1. The van der Waals surface area contributed by atoms with Crippen molar-refractivity contribution in [3.63, 3.8) is 0 Å². The lowest BCUT2D eigenvalue weighted by atomic mass is 9.88. The predicted molar refractivity (Wildman–Crippen MR) is 150 cm³/mol. The lowest BCUT2D eigenvalue weighted by Gasteiger charge is -2.23. The minimum absolute atomic E-state index is 0.00236. The number of primary amides is 1. The fraction of sp³-hybridized carbons (Fsp3) is 0.679. The van der Waals surface area contributed by atoms with Gasteiger partial charge >= 0.3 is 6.03 Å². The molecule has 230 valence electrons. The Morgan fingerprint density at radius 3 is 2.20 bits per heavy atom. The summed E-state index contributed by atoms with van der Waals surface area (Å²) in [6.45, 7) is 6.85. The molecule has 0 fully saturated rings. The van der Waals surface area contributed by atoms with Gasteiger partial charge in [0.15, 0.2) is 5.78 Å². The molecule has 13 heteroatoms. The number of carbonyl (C=O) groups is 7. The lowest BCUT2D eigenvalue weighted by molar-refractivity contribution is -0.137. The van der Waals surface area contributed by atoms with E-state index in [-0.39, 0.29) is 74.7 Å². The zero-order valence-corrected chi connectivity index (χ0v) is 24.4. The van der Waals surface area contributed by atoms with Crippen LogP contribution >= 0.6 is 0 Å². The molecule has 1 rings (SSSR count). The van der Waals surface area contributed by atoms with Crippen molar-refractivity contribution in [2.24, 2.45) is 17.6 Å². The molecule has 0 aromatic rings. The Kier molecular flexibility index (Phi) is 17.0. The number of ketones is 3. The van der Waals surface area contributed by atoms with Crippen LogP contribution in [-0.2, 0) is 33.5 Å². The third-order valence-corrected chi connectivity index (χ3v) is 6.62. The molecule has 0 saturated heterocycles. The third kappa shape index (κ3) is 15.2. The van der Waals surface area contributed by atoms with E-state index >= 15 is 0 Å². The van der Waals surface area contributed by atoms with Crippen LogP contribution in [0.3, 0.4) is 0 Å². The normalized spacial score (nSPS) is 14.3. The number of imide groups is 1. The summed E-state index contributed by atoms with van der Waals surface area (Å²) in [4.78, 5) is 83.7. The molecule has 0 aromatic carbocycles. The smallest absolute Gasteiger partial charge is 0.312 e. The topological polar surface area (TPSA) is 194 Å². The number of ether oxygens (including phenoxy) is 1. The minimum atomic E-state index is -0.625. The zero-order chi connectivity index (χ0) is 30.8. The monoisotopic (exact) mass is 579 g/mol. The summed E-state index contributed by atoms with van der Waals surface area (Å²) in [5.74, 6) is -1.66. The van der Waals surface area contributed by atoms with Gasteiger partial charge in [0.1, 0.15) is 11.6 Å². The Balaban J connectivity index is 2.19. The molecule has 1 heterocycles. The van der Waals surface area contributed by atoms with E-state index in [0.717, 1.165) is 4.90 Å². The van der Waals surface area contributed by atoms with Gasteiger partial charge in [0.2, 0.25) is 5.91 Å². The second-order valence-electron chi connectivity index (χ2n) is 10.4. The molecule has 1 aliphatic heterocycles. The molecule has 5 amide bonds. The van der Waals surface area contributed by atoms with Crippen molar-refractivity contribution < 1.29 is 38.3 Å². The fourth-order valence-corrected chi connectivity index (χ4v) is 4.27. The van der Waals surface area contributed by atoms with Crippen LogP contribution in [0.5, 0.6) is 0 Å². The Morgan fingerprint density at radius 1 is 0.902 bits per heavy atom. The van der Waals surface area contributed by atoms with Crippen molar-refractivity contribution in [1.82, 2.24) is 20.9 Å². The summed E-state index contributed by atoms with van der Waals surface area (Å²) in [5, 5.41) is 8.34. The van der Waals surface area contributed by atoms with Gasteiger partial charge in [-0.1, -0.05) is 13.8 Å². The molecule has 0 saturated carbocycles. The van der Waals surface area contributed by atoms with E-state index in [1.165, 1.54) is 19.1 Å². The van der Waals surface area contributed by atoms with Crippen LogP contribution in [-0.4, -0.2) is 91.4 Å². The number of nitrogens with one attached hydrogen (secondary N) is 3. The molecule has 0 radical (unpaired) electrons. The first-order valence-corrected chi connectivity index (χ1v) is 14.1. The van der Waals surface area contributed by atoms with Crippen LogP contribution in [0.2, 0.25) is 0 Å². The maximum absolute atomic E-state index is 12.9. The summed E-state index contributed by atoms with van der Waals surface area (Å²) in [6.07, 6.45) is 4.60. The zero-order valence-electron chi connectivity index (χ0n) is 24.4. The maximum atomic E-state index is 12.9.